The zero-order valence-electron chi connectivity index (χ0n) is 7.55. The highest BCUT2D eigenvalue weighted by Gasteiger charge is 2.34. The third kappa shape index (κ3) is 3.95. The third-order valence-corrected chi connectivity index (χ3v) is 3.18. The van der Waals surface area contributed by atoms with Crippen LogP contribution in [0.3, 0.4) is 0 Å². The Labute approximate surface area is 103 Å². The molecule has 0 aliphatic heterocycles. The topological polar surface area (TPSA) is 34.1 Å². The van der Waals surface area contributed by atoms with E-state index < -0.39 is 26.5 Å². The van der Waals surface area contributed by atoms with Crippen LogP contribution in [-0.2, 0) is 21.0 Å². The Balaban J connectivity index is 3.29. The quantitative estimate of drug-likeness (QED) is 0.774. The van der Waals surface area contributed by atoms with Crippen LogP contribution in [0.4, 0.5) is 13.2 Å². The molecule has 0 saturated carbocycles. The predicted molar refractivity (Wildman–Crippen MR) is 57.6 cm³/mol. The van der Waals surface area contributed by atoms with Crippen molar-refractivity contribution in [1.82, 2.24) is 0 Å². The number of benzene rings is 1. The van der Waals surface area contributed by atoms with Gasteiger partial charge < -0.3 is 0 Å². The number of hydrogen-bond acceptors (Lipinski definition) is 2. The number of rotatable bonds is 2. The molecule has 0 saturated heterocycles. The first-order valence-electron chi connectivity index (χ1n) is 3.87. The van der Waals surface area contributed by atoms with Gasteiger partial charge in [-0.2, -0.15) is 13.2 Å². The Morgan fingerprint density at radius 2 is 1.88 bits per heavy atom. The van der Waals surface area contributed by atoms with Crippen LogP contribution in [0.1, 0.15) is 11.1 Å². The summed E-state index contributed by atoms with van der Waals surface area (Å²) in [7, 11) is 0.907. The molecule has 1 rings (SSSR count). The van der Waals surface area contributed by atoms with Gasteiger partial charge in [0.2, 0.25) is 9.05 Å². The van der Waals surface area contributed by atoms with Crippen LogP contribution in [-0.4, -0.2) is 8.42 Å². The van der Waals surface area contributed by atoms with Gasteiger partial charge in [-0.3, -0.25) is 0 Å². The first-order valence-corrected chi connectivity index (χ1v) is 7.15. The normalized spacial score (nSPS) is 12.8. The van der Waals surface area contributed by atoms with E-state index in [0.29, 0.717) is 0 Å². The first-order chi connectivity index (χ1) is 7.09. The van der Waals surface area contributed by atoms with Crippen LogP contribution in [0, 0.1) is 0 Å². The van der Waals surface area contributed by atoms with Crippen LogP contribution in [0.5, 0.6) is 0 Å². The van der Waals surface area contributed by atoms with Crippen molar-refractivity contribution in [1.29, 1.82) is 0 Å². The van der Waals surface area contributed by atoms with Crippen molar-refractivity contribution in [2.75, 3.05) is 0 Å². The first kappa shape index (κ1) is 13.8. The van der Waals surface area contributed by atoms with Crippen LogP contribution < -0.4 is 0 Å². The molecule has 2 nitrogen and oxygen atoms in total. The summed E-state index contributed by atoms with van der Waals surface area (Å²) in [6.45, 7) is 0. The molecular weight excluding hydrogens is 333 g/mol. The summed E-state index contributed by atoms with van der Waals surface area (Å²) in [5, 5.41) is 0. The Morgan fingerprint density at radius 3 is 2.31 bits per heavy atom. The molecule has 1 aromatic carbocycles. The van der Waals surface area contributed by atoms with Crippen molar-refractivity contribution in [3.63, 3.8) is 0 Å². The average Bonchev–Trinajstić information content (AvgIpc) is 2.04. The lowest BCUT2D eigenvalue weighted by molar-refractivity contribution is -0.138. The van der Waals surface area contributed by atoms with Crippen molar-refractivity contribution >= 4 is 35.7 Å². The lowest BCUT2D eigenvalue weighted by Crippen LogP contribution is -2.10. The van der Waals surface area contributed by atoms with Gasteiger partial charge in [0.1, 0.15) is 0 Å². The van der Waals surface area contributed by atoms with Gasteiger partial charge in [0.15, 0.2) is 0 Å². The van der Waals surface area contributed by atoms with Gasteiger partial charge in [-0.15, -0.1) is 0 Å². The number of alkyl halides is 3. The predicted octanol–water partition coefficient (Wildman–Crippen LogP) is 3.54. The highest BCUT2D eigenvalue weighted by Crippen LogP contribution is 2.34. The second-order valence-corrected chi connectivity index (χ2v) is 6.68. The molecule has 0 N–H and O–H groups in total. The third-order valence-electron chi connectivity index (χ3n) is 1.71. The minimum Gasteiger partial charge on any atom is -0.212 e. The van der Waals surface area contributed by atoms with E-state index in [4.69, 9.17) is 10.7 Å². The van der Waals surface area contributed by atoms with E-state index in [-0.39, 0.29) is 10.0 Å². The molecule has 0 spiro atoms. The van der Waals surface area contributed by atoms with Gasteiger partial charge >= 0.3 is 6.18 Å². The Bertz CT molecular complexity index is 498. The largest absolute Gasteiger partial charge is 0.416 e. The summed E-state index contributed by atoms with van der Waals surface area (Å²) < 4.78 is 59.4. The highest BCUT2D eigenvalue weighted by atomic mass is 79.9. The van der Waals surface area contributed by atoms with Crippen LogP contribution >= 0.6 is 26.6 Å². The summed E-state index contributed by atoms with van der Waals surface area (Å²) in [6, 6.07) is 3.22. The van der Waals surface area contributed by atoms with Crippen molar-refractivity contribution in [3.05, 3.63) is 33.8 Å². The summed E-state index contributed by atoms with van der Waals surface area (Å²) in [5.41, 5.74) is -1.38. The maximum Gasteiger partial charge on any atom is 0.416 e. The zero-order chi connectivity index (χ0) is 12.6. The number of hydrogen-bond donors (Lipinski definition) is 0. The standard InChI is InChI=1S/C8H5BrClF3O2S/c9-6-2-1-5(4-16(10,14)15)7(3-6)8(11,12)13/h1-3H,4H2. The fourth-order valence-corrected chi connectivity index (χ4v) is 2.46. The molecule has 0 amide bonds. The molecule has 0 radical (unpaired) electrons. The van der Waals surface area contributed by atoms with E-state index in [1.54, 1.807) is 0 Å². The summed E-state index contributed by atoms with van der Waals surface area (Å²) in [5.74, 6) is -0.851. The van der Waals surface area contributed by atoms with Gasteiger partial charge in [-0.1, -0.05) is 22.0 Å². The molecule has 0 atom stereocenters. The zero-order valence-corrected chi connectivity index (χ0v) is 10.7. The van der Waals surface area contributed by atoms with Gasteiger partial charge in [-0.25, -0.2) is 8.42 Å². The monoisotopic (exact) mass is 336 g/mol. The van der Waals surface area contributed by atoms with Crippen LogP contribution in [0.25, 0.3) is 0 Å². The minimum absolute atomic E-state index is 0.218. The molecular formula is C8H5BrClF3O2S. The molecule has 0 unspecified atom stereocenters. The molecule has 0 aliphatic carbocycles. The highest BCUT2D eigenvalue weighted by molar-refractivity contribution is 9.10. The Morgan fingerprint density at radius 1 is 1.31 bits per heavy atom. The molecule has 0 aliphatic rings. The summed E-state index contributed by atoms with van der Waals surface area (Å²) >= 11 is 2.89. The van der Waals surface area contributed by atoms with E-state index in [9.17, 15) is 21.6 Å². The molecule has 0 heterocycles. The van der Waals surface area contributed by atoms with E-state index in [1.807, 2.05) is 0 Å². The lowest BCUT2D eigenvalue weighted by atomic mass is 10.1. The molecule has 0 fully saturated rings. The average molecular weight is 338 g/mol. The molecule has 16 heavy (non-hydrogen) atoms. The van der Waals surface area contributed by atoms with E-state index >= 15 is 0 Å². The molecule has 1 aromatic rings. The molecule has 8 heteroatoms. The van der Waals surface area contributed by atoms with Crippen molar-refractivity contribution in [2.45, 2.75) is 11.9 Å². The minimum atomic E-state index is -4.61. The fraction of sp³-hybridized carbons (Fsp3) is 0.250. The molecule has 0 bridgehead atoms. The van der Waals surface area contributed by atoms with Gasteiger partial charge in [0.05, 0.1) is 11.3 Å². The Hall–Kier alpha value is -0.270. The maximum atomic E-state index is 12.5. The van der Waals surface area contributed by atoms with E-state index in [2.05, 4.69) is 15.9 Å². The van der Waals surface area contributed by atoms with Gasteiger partial charge in [-0.05, 0) is 17.7 Å². The second kappa shape index (κ2) is 4.54. The smallest absolute Gasteiger partial charge is 0.212 e. The van der Waals surface area contributed by atoms with Crippen molar-refractivity contribution in [2.24, 2.45) is 0 Å². The van der Waals surface area contributed by atoms with Gasteiger partial charge in [0, 0.05) is 15.2 Å². The maximum absolute atomic E-state index is 12.5. The fourth-order valence-electron chi connectivity index (χ4n) is 1.12. The van der Waals surface area contributed by atoms with Crippen molar-refractivity contribution in [3.8, 4) is 0 Å². The SMILES string of the molecule is O=S(=O)(Cl)Cc1ccc(Br)cc1C(F)(F)F. The van der Waals surface area contributed by atoms with Crippen LogP contribution in [0.15, 0.2) is 22.7 Å². The number of halogens is 5. The van der Waals surface area contributed by atoms with E-state index in [1.165, 1.54) is 6.07 Å². The van der Waals surface area contributed by atoms with E-state index in [0.717, 1.165) is 12.1 Å². The molecule has 0 aromatic heterocycles. The summed E-state index contributed by atoms with van der Waals surface area (Å²) in [6.07, 6.45) is -4.61. The summed E-state index contributed by atoms with van der Waals surface area (Å²) in [4.78, 5) is 0. The lowest BCUT2D eigenvalue weighted by Gasteiger charge is -2.12. The Kier molecular flexibility index (Phi) is 3.91. The van der Waals surface area contributed by atoms with Crippen molar-refractivity contribution < 1.29 is 21.6 Å². The van der Waals surface area contributed by atoms with Crippen LogP contribution in [0.2, 0.25) is 0 Å². The van der Waals surface area contributed by atoms with Gasteiger partial charge in [0.25, 0.3) is 0 Å². The molecule has 90 valence electrons. The second-order valence-electron chi connectivity index (χ2n) is 2.98.